The molecule has 0 fully saturated rings. The van der Waals surface area contributed by atoms with E-state index >= 15 is 0 Å². The maximum atomic E-state index is 13.6. The second-order valence-electron chi connectivity index (χ2n) is 4.89. The molecule has 0 saturated carbocycles. The fourth-order valence-corrected chi connectivity index (χ4v) is 1.76. The summed E-state index contributed by atoms with van der Waals surface area (Å²) in [6.45, 7) is 4.13. The fourth-order valence-electron chi connectivity index (χ4n) is 1.76. The first kappa shape index (κ1) is 14.6. The minimum absolute atomic E-state index is 0.115. The summed E-state index contributed by atoms with van der Waals surface area (Å²) in [6, 6.07) is 6.15. The van der Waals surface area contributed by atoms with E-state index in [-0.39, 0.29) is 5.56 Å². The number of hydrogen-bond acceptors (Lipinski definition) is 1. The molecule has 0 bridgehead atoms. The highest BCUT2D eigenvalue weighted by molar-refractivity contribution is 5.66. The zero-order chi connectivity index (χ0) is 13.8. The lowest BCUT2D eigenvalue weighted by Crippen LogP contribution is -2.15. The predicted octanol–water partition coefficient (Wildman–Crippen LogP) is 3.84. The van der Waals surface area contributed by atoms with E-state index in [2.05, 4.69) is 13.8 Å². The molecule has 2 nitrogen and oxygen atoms in total. The number of aliphatic carboxylic acids is 1. The summed E-state index contributed by atoms with van der Waals surface area (Å²) in [7, 11) is 0. The standard InChI is InChI=1S/C14H18F2O2/c1-10(2)9-11-3-5-12(6-4-11)14(15,16)8-7-13(17)18/h3-6,10H,7-9H2,1-2H3,(H,17,18). The van der Waals surface area contributed by atoms with Crippen molar-refractivity contribution in [3.05, 3.63) is 35.4 Å². The third-order valence-electron chi connectivity index (χ3n) is 2.67. The summed E-state index contributed by atoms with van der Waals surface area (Å²) in [6.07, 6.45) is -0.340. The van der Waals surface area contributed by atoms with Gasteiger partial charge in [0.05, 0.1) is 6.42 Å². The lowest BCUT2D eigenvalue weighted by Gasteiger charge is -2.16. The highest BCUT2D eigenvalue weighted by atomic mass is 19.3. The zero-order valence-electron chi connectivity index (χ0n) is 10.6. The van der Waals surface area contributed by atoms with Gasteiger partial charge in [-0.2, -0.15) is 0 Å². The van der Waals surface area contributed by atoms with Crippen molar-refractivity contribution >= 4 is 5.97 Å². The summed E-state index contributed by atoms with van der Waals surface area (Å²) in [5.74, 6) is -3.80. The average molecular weight is 256 g/mol. The van der Waals surface area contributed by atoms with E-state index < -0.39 is 24.7 Å². The molecule has 0 amide bonds. The van der Waals surface area contributed by atoms with Crippen LogP contribution < -0.4 is 0 Å². The molecule has 0 saturated heterocycles. The second-order valence-corrected chi connectivity index (χ2v) is 4.89. The van der Waals surface area contributed by atoms with Gasteiger partial charge in [-0.1, -0.05) is 38.1 Å². The smallest absolute Gasteiger partial charge is 0.303 e. The maximum Gasteiger partial charge on any atom is 0.303 e. The molecule has 0 unspecified atom stereocenters. The second kappa shape index (κ2) is 5.94. The molecule has 0 spiro atoms. The van der Waals surface area contributed by atoms with Gasteiger partial charge in [0, 0.05) is 12.0 Å². The predicted molar refractivity (Wildman–Crippen MR) is 65.7 cm³/mol. The van der Waals surface area contributed by atoms with Crippen molar-refractivity contribution in [1.29, 1.82) is 0 Å². The first-order valence-electron chi connectivity index (χ1n) is 6.00. The number of carbonyl (C=O) groups is 1. The molecule has 0 heterocycles. The van der Waals surface area contributed by atoms with Crippen LogP contribution in [-0.2, 0) is 17.1 Å². The number of benzene rings is 1. The zero-order valence-corrected chi connectivity index (χ0v) is 10.6. The van der Waals surface area contributed by atoms with Crippen molar-refractivity contribution in [2.45, 2.75) is 39.0 Å². The number of carboxylic acids is 1. The van der Waals surface area contributed by atoms with Gasteiger partial charge in [-0.15, -0.1) is 0 Å². The minimum Gasteiger partial charge on any atom is -0.481 e. The van der Waals surface area contributed by atoms with Gasteiger partial charge in [-0.3, -0.25) is 4.79 Å². The molecule has 1 aromatic carbocycles. The SMILES string of the molecule is CC(C)Cc1ccc(C(F)(F)CCC(=O)O)cc1. The van der Waals surface area contributed by atoms with Crippen LogP contribution in [0.4, 0.5) is 8.78 Å². The number of halogens is 2. The molecule has 100 valence electrons. The Labute approximate surface area is 106 Å². The number of carboxylic acid groups (broad SMARTS) is 1. The van der Waals surface area contributed by atoms with E-state index in [9.17, 15) is 13.6 Å². The highest BCUT2D eigenvalue weighted by Gasteiger charge is 2.31. The minimum atomic E-state index is -3.07. The van der Waals surface area contributed by atoms with E-state index in [0.717, 1.165) is 12.0 Å². The lowest BCUT2D eigenvalue weighted by molar-refractivity contribution is -0.139. The molecule has 0 atom stereocenters. The van der Waals surface area contributed by atoms with Gasteiger partial charge in [-0.25, -0.2) is 8.78 Å². The maximum absolute atomic E-state index is 13.6. The number of hydrogen-bond donors (Lipinski definition) is 1. The third kappa shape index (κ3) is 4.43. The number of alkyl halides is 2. The Balaban J connectivity index is 2.73. The Hall–Kier alpha value is -1.45. The fraction of sp³-hybridized carbons (Fsp3) is 0.500. The van der Waals surface area contributed by atoms with Crippen molar-refractivity contribution in [2.75, 3.05) is 0 Å². The topological polar surface area (TPSA) is 37.3 Å². The third-order valence-corrected chi connectivity index (χ3v) is 2.67. The van der Waals surface area contributed by atoms with Gasteiger partial charge in [0.15, 0.2) is 0 Å². The molecule has 0 aromatic heterocycles. The van der Waals surface area contributed by atoms with Gasteiger partial charge in [0.2, 0.25) is 0 Å². The van der Waals surface area contributed by atoms with Crippen LogP contribution in [0.25, 0.3) is 0 Å². The van der Waals surface area contributed by atoms with Crippen LogP contribution in [0, 0.1) is 5.92 Å². The normalized spacial score (nSPS) is 11.8. The van der Waals surface area contributed by atoms with Crippen molar-refractivity contribution in [1.82, 2.24) is 0 Å². The van der Waals surface area contributed by atoms with Gasteiger partial charge in [0.25, 0.3) is 5.92 Å². The van der Waals surface area contributed by atoms with Crippen LogP contribution in [0.15, 0.2) is 24.3 Å². The number of rotatable bonds is 6. The van der Waals surface area contributed by atoms with Crippen molar-refractivity contribution in [3.8, 4) is 0 Å². The van der Waals surface area contributed by atoms with E-state index in [1.54, 1.807) is 12.1 Å². The molecule has 1 N–H and O–H groups in total. The van der Waals surface area contributed by atoms with E-state index in [4.69, 9.17) is 5.11 Å². The monoisotopic (exact) mass is 256 g/mol. The molecule has 0 aliphatic carbocycles. The summed E-state index contributed by atoms with van der Waals surface area (Å²) >= 11 is 0. The Morgan fingerprint density at radius 1 is 1.28 bits per heavy atom. The van der Waals surface area contributed by atoms with Crippen molar-refractivity contribution < 1.29 is 18.7 Å². The van der Waals surface area contributed by atoms with Crippen LogP contribution in [0.3, 0.4) is 0 Å². The van der Waals surface area contributed by atoms with Crippen LogP contribution in [0.1, 0.15) is 37.8 Å². The summed E-state index contributed by atoms with van der Waals surface area (Å²) in [4.78, 5) is 10.3. The van der Waals surface area contributed by atoms with E-state index in [0.29, 0.717) is 5.92 Å². The van der Waals surface area contributed by atoms with Crippen LogP contribution in [0.2, 0.25) is 0 Å². The molecule has 0 aliphatic heterocycles. The van der Waals surface area contributed by atoms with E-state index in [1.165, 1.54) is 12.1 Å². The van der Waals surface area contributed by atoms with Crippen LogP contribution in [-0.4, -0.2) is 11.1 Å². The molecular weight excluding hydrogens is 238 g/mol. The van der Waals surface area contributed by atoms with E-state index in [1.807, 2.05) is 0 Å². The van der Waals surface area contributed by atoms with Crippen LogP contribution >= 0.6 is 0 Å². The van der Waals surface area contributed by atoms with Crippen LogP contribution in [0.5, 0.6) is 0 Å². The molecule has 0 aliphatic rings. The van der Waals surface area contributed by atoms with Crippen molar-refractivity contribution in [3.63, 3.8) is 0 Å². The summed E-state index contributed by atoms with van der Waals surface area (Å²) in [5, 5.41) is 8.43. The quantitative estimate of drug-likeness (QED) is 0.839. The van der Waals surface area contributed by atoms with Gasteiger partial charge in [-0.05, 0) is 17.9 Å². The van der Waals surface area contributed by atoms with Gasteiger partial charge in [0.1, 0.15) is 0 Å². The molecule has 4 heteroatoms. The Morgan fingerprint density at radius 2 is 1.83 bits per heavy atom. The van der Waals surface area contributed by atoms with Gasteiger partial charge < -0.3 is 5.11 Å². The summed E-state index contributed by atoms with van der Waals surface area (Å²) in [5.41, 5.74) is 0.902. The Bertz CT molecular complexity index is 397. The van der Waals surface area contributed by atoms with Crippen molar-refractivity contribution in [2.24, 2.45) is 5.92 Å². The molecule has 0 radical (unpaired) electrons. The largest absolute Gasteiger partial charge is 0.481 e. The Kier molecular flexibility index (Phi) is 4.82. The highest BCUT2D eigenvalue weighted by Crippen LogP contribution is 2.33. The first-order valence-corrected chi connectivity index (χ1v) is 6.00. The molecule has 1 aromatic rings. The molecule has 18 heavy (non-hydrogen) atoms. The molecular formula is C14H18F2O2. The lowest BCUT2D eigenvalue weighted by atomic mass is 9.98. The average Bonchev–Trinajstić information content (AvgIpc) is 2.26. The Morgan fingerprint density at radius 3 is 2.28 bits per heavy atom. The molecule has 1 rings (SSSR count). The van der Waals surface area contributed by atoms with Gasteiger partial charge >= 0.3 is 5.97 Å². The first-order chi connectivity index (χ1) is 8.31. The summed E-state index contributed by atoms with van der Waals surface area (Å²) < 4.78 is 27.3.